The van der Waals surface area contributed by atoms with Crippen LogP contribution in [0, 0.1) is 11.3 Å². The Kier molecular flexibility index (Phi) is 13.9. The molecule has 2 unspecified atom stereocenters. The molecule has 2 heterocycles. The van der Waals surface area contributed by atoms with Gasteiger partial charge in [0, 0.05) is 44.8 Å². The number of aliphatic hydroxyl groups is 1. The van der Waals surface area contributed by atoms with Crippen molar-refractivity contribution in [2.75, 3.05) is 20.8 Å². The van der Waals surface area contributed by atoms with E-state index in [0.29, 0.717) is 19.3 Å². The summed E-state index contributed by atoms with van der Waals surface area (Å²) in [5.74, 6) is -1.63. The van der Waals surface area contributed by atoms with E-state index < -0.39 is 66.6 Å². The monoisotopic (exact) mass is 691 g/mol. The first kappa shape index (κ1) is 40.7. The Hall–Kier alpha value is -0.459. The van der Waals surface area contributed by atoms with Gasteiger partial charge in [-0.05, 0) is 65.8 Å². The molecule has 0 aromatic rings. The number of hydrogen-bond donors (Lipinski definition) is 2. The Bertz CT molecular complexity index is 994. The highest BCUT2D eigenvalue weighted by Gasteiger charge is 2.54. The van der Waals surface area contributed by atoms with Crippen molar-refractivity contribution >= 4 is 30.9 Å². The van der Waals surface area contributed by atoms with Gasteiger partial charge in [0.25, 0.3) is 5.91 Å². The minimum Gasteiger partial charge on any atom is -0.415 e. The molecule has 9 atom stereocenters. The summed E-state index contributed by atoms with van der Waals surface area (Å²) in [4.78, 5) is 14.3. The van der Waals surface area contributed by atoms with Crippen molar-refractivity contribution in [3.05, 3.63) is 12.2 Å². The van der Waals surface area contributed by atoms with Crippen LogP contribution in [-0.2, 0) is 37.0 Å². The fraction of sp³-hybridized carbons (Fsp3) is 0.906. The smallest absolute Gasteiger partial charge is 0.255 e. The van der Waals surface area contributed by atoms with Gasteiger partial charge in [0.05, 0.1) is 31.0 Å². The topological polar surface area (TPSA) is 114 Å². The summed E-state index contributed by atoms with van der Waals surface area (Å²) in [6.45, 7) is 31.7. The fourth-order valence-electron chi connectivity index (χ4n) is 5.87. The molecule has 2 N–H and O–H groups in total. The van der Waals surface area contributed by atoms with Crippen molar-refractivity contribution in [2.24, 2.45) is 11.3 Å². The molecule has 0 radical (unpaired) electrons. The van der Waals surface area contributed by atoms with Crippen molar-refractivity contribution in [1.82, 2.24) is 5.32 Å². The molecule has 1 amide bonds. The van der Waals surface area contributed by atoms with Gasteiger partial charge < -0.3 is 42.6 Å². The quantitative estimate of drug-likeness (QED) is 0.128. The van der Waals surface area contributed by atoms with E-state index in [9.17, 15) is 9.90 Å². The predicted octanol–water partition coefficient (Wildman–Crippen LogP) is 5.65. The highest BCUT2D eigenvalue weighted by atomic mass is 28.4. The molecule has 0 spiro atoms. The second-order valence-electron chi connectivity index (χ2n) is 16.5. The van der Waals surface area contributed by atoms with Gasteiger partial charge in [-0.15, -0.1) is 0 Å². The summed E-state index contributed by atoms with van der Waals surface area (Å²) in [6.07, 6.45) is -2.71. The molecule has 2 rings (SSSR count). The molecule has 2 fully saturated rings. The summed E-state index contributed by atoms with van der Waals surface area (Å²) in [5.41, 5.74) is 0.533. The molecule has 0 bridgehead atoms. The molecule has 0 aromatic heterocycles. The number of nitrogens with one attached hydrogen (secondary N) is 1. The number of rotatable bonds is 15. The average Bonchev–Trinajstić information content (AvgIpc) is 2.88. The van der Waals surface area contributed by atoms with Gasteiger partial charge in [-0.25, -0.2) is 0 Å². The Morgan fingerprint density at radius 1 is 1.04 bits per heavy atom. The first-order valence-electron chi connectivity index (χ1n) is 16.4. The average molecular weight is 692 g/mol. The number of aliphatic hydroxyl groups excluding tert-OH is 1. The molecule has 0 aliphatic carbocycles. The minimum atomic E-state index is -2.27. The lowest BCUT2D eigenvalue weighted by molar-refractivity contribution is -0.295. The van der Waals surface area contributed by atoms with Crippen molar-refractivity contribution < 1.29 is 42.1 Å². The third-order valence-corrected chi connectivity index (χ3v) is 11.6. The van der Waals surface area contributed by atoms with Gasteiger partial charge in [0.1, 0.15) is 6.10 Å². The molecule has 2 aliphatic rings. The molecule has 10 nitrogen and oxygen atoms in total. The Morgan fingerprint density at radius 3 is 2.11 bits per heavy atom. The van der Waals surface area contributed by atoms with Crippen LogP contribution < -0.4 is 5.32 Å². The summed E-state index contributed by atoms with van der Waals surface area (Å²) >= 11 is 0. The Labute approximate surface area is 276 Å². The van der Waals surface area contributed by atoms with Gasteiger partial charge in [0.2, 0.25) is 5.79 Å². The molecule has 2 saturated heterocycles. The lowest BCUT2D eigenvalue weighted by Gasteiger charge is -2.51. The SMILES string of the molecule is C=C1C[C@](OC)(C(O[Si](C)(C)C)C(=O)N[C@@H](OC)[C@@H]2CC(O[Si](C)(C)C)C(C)(C)[C@@H](C[C@H](O)CO[Si](C)(C)C)O2)O[C@H](C)[C@@H]1C. The van der Waals surface area contributed by atoms with Gasteiger partial charge in [-0.2, -0.15) is 0 Å². The number of ether oxygens (including phenoxy) is 4. The van der Waals surface area contributed by atoms with Crippen molar-refractivity contribution in [2.45, 2.75) is 155 Å². The van der Waals surface area contributed by atoms with Gasteiger partial charge in [-0.3, -0.25) is 4.79 Å². The fourth-order valence-corrected chi connectivity index (χ4v) is 8.81. The molecule has 0 saturated carbocycles. The summed E-state index contributed by atoms with van der Waals surface area (Å²) in [5, 5.41) is 14.1. The number of carbonyl (C=O) groups excluding carboxylic acids is 1. The minimum absolute atomic E-state index is 0.112. The van der Waals surface area contributed by atoms with Crippen LogP contribution in [0.5, 0.6) is 0 Å². The maximum atomic E-state index is 14.3. The van der Waals surface area contributed by atoms with Crippen molar-refractivity contribution in [3.8, 4) is 0 Å². The van der Waals surface area contributed by atoms with Gasteiger partial charge in [-0.1, -0.05) is 32.9 Å². The number of methoxy groups -OCH3 is 2. The molecule has 13 heteroatoms. The maximum absolute atomic E-state index is 14.3. The lowest BCUT2D eigenvalue weighted by Crippen LogP contribution is -2.64. The molecule has 264 valence electrons. The molecular weight excluding hydrogens is 627 g/mol. The van der Waals surface area contributed by atoms with Crippen LogP contribution in [0.2, 0.25) is 58.9 Å². The molecule has 45 heavy (non-hydrogen) atoms. The highest BCUT2D eigenvalue weighted by molar-refractivity contribution is 6.70. The zero-order chi connectivity index (χ0) is 34.8. The van der Waals surface area contributed by atoms with Crippen LogP contribution in [0.3, 0.4) is 0 Å². The predicted molar refractivity (Wildman–Crippen MR) is 186 cm³/mol. The Morgan fingerprint density at radius 2 is 1.64 bits per heavy atom. The Balaban J connectivity index is 2.41. The zero-order valence-electron chi connectivity index (χ0n) is 30.9. The highest BCUT2D eigenvalue weighted by Crippen LogP contribution is 2.43. The second-order valence-corrected chi connectivity index (χ2v) is 29.9. The zero-order valence-corrected chi connectivity index (χ0v) is 33.9. The largest absolute Gasteiger partial charge is 0.415 e. The van der Waals surface area contributed by atoms with E-state index in [1.54, 1.807) is 14.2 Å². The maximum Gasteiger partial charge on any atom is 0.255 e. The van der Waals surface area contributed by atoms with Crippen LogP contribution in [0.25, 0.3) is 0 Å². The van der Waals surface area contributed by atoms with E-state index in [1.165, 1.54) is 0 Å². The van der Waals surface area contributed by atoms with E-state index in [1.807, 2.05) is 26.6 Å². The van der Waals surface area contributed by atoms with Gasteiger partial charge in [0.15, 0.2) is 37.3 Å². The van der Waals surface area contributed by atoms with E-state index in [2.05, 4.69) is 71.9 Å². The normalized spacial score (nSPS) is 31.7. The second kappa shape index (κ2) is 15.4. The van der Waals surface area contributed by atoms with E-state index >= 15 is 0 Å². The van der Waals surface area contributed by atoms with E-state index in [4.69, 9.17) is 32.2 Å². The van der Waals surface area contributed by atoms with Crippen LogP contribution >= 0.6 is 0 Å². The lowest BCUT2D eigenvalue weighted by atomic mass is 9.74. The van der Waals surface area contributed by atoms with E-state index in [-0.39, 0.29) is 30.8 Å². The molecular formula is C32H65NO9Si3. The van der Waals surface area contributed by atoms with Crippen molar-refractivity contribution in [3.63, 3.8) is 0 Å². The van der Waals surface area contributed by atoms with E-state index in [0.717, 1.165) is 5.57 Å². The third kappa shape index (κ3) is 11.6. The number of hydrogen-bond acceptors (Lipinski definition) is 9. The number of amides is 1. The van der Waals surface area contributed by atoms with Crippen LogP contribution in [0.1, 0.15) is 47.0 Å². The summed E-state index contributed by atoms with van der Waals surface area (Å²) in [7, 11) is -2.96. The van der Waals surface area contributed by atoms with Crippen molar-refractivity contribution in [1.29, 1.82) is 0 Å². The number of carbonyl (C=O) groups is 1. The van der Waals surface area contributed by atoms with Crippen LogP contribution in [0.15, 0.2) is 12.2 Å². The first-order chi connectivity index (χ1) is 20.3. The molecule has 0 aromatic carbocycles. The third-order valence-electron chi connectivity index (χ3n) is 8.67. The first-order valence-corrected chi connectivity index (χ1v) is 26.6. The van der Waals surface area contributed by atoms with Crippen LogP contribution in [0.4, 0.5) is 0 Å². The molecule has 2 aliphatic heterocycles. The summed E-state index contributed by atoms with van der Waals surface area (Å²) < 4.78 is 44.3. The summed E-state index contributed by atoms with van der Waals surface area (Å²) in [6, 6.07) is 0. The van der Waals surface area contributed by atoms with Crippen LogP contribution in [-0.4, -0.2) is 105 Å². The van der Waals surface area contributed by atoms with Gasteiger partial charge >= 0.3 is 0 Å². The standard InChI is InChI=1S/C32H65NO9Si3/c1-21-19-32(37-7,40-23(3)22(21)2)28(42-45(14,15)16)29(35)33-30(36-6)25-18-27(41-44(11,12)13)31(4,5)26(39-25)17-24(34)20-38-43(8,9)10/h22-28,30,34H,1,17-20H2,2-16H3,(H,33,35)/t22-,23-,24+,25+,26-,27?,28?,30+,32-/m1/s1.